The number of carbonyl (C=O) groups excluding carboxylic acids is 1. The second kappa shape index (κ2) is 5.95. The van der Waals surface area contributed by atoms with Gasteiger partial charge in [0.25, 0.3) is 0 Å². The maximum atomic E-state index is 11.5. The molecule has 1 fully saturated rings. The van der Waals surface area contributed by atoms with E-state index in [-0.39, 0.29) is 18.1 Å². The van der Waals surface area contributed by atoms with Crippen molar-refractivity contribution in [3.63, 3.8) is 0 Å². The van der Waals surface area contributed by atoms with Gasteiger partial charge in [-0.15, -0.1) is 0 Å². The van der Waals surface area contributed by atoms with Gasteiger partial charge in [0.05, 0.1) is 0 Å². The van der Waals surface area contributed by atoms with E-state index in [1.165, 1.54) is 12.8 Å². The highest BCUT2D eigenvalue weighted by Gasteiger charge is 2.17. The summed E-state index contributed by atoms with van der Waals surface area (Å²) in [5.74, 6) is 0. The van der Waals surface area contributed by atoms with E-state index in [0.29, 0.717) is 6.04 Å². The summed E-state index contributed by atoms with van der Waals surface area (Å²) in [6.07, 6.45) is 5.53. The van der Waals surface area contributed by atoms with Crippen LogP contribution in [-0.4, -0.2) is 24.2 Å². The van der Waals surface area contributed by atoms with Crippen LogP contribution < -0.4 is 16.4 Å². The Morgan fingerprint density at radius 1 is 1.40 bits per heavy atom. The van der Waals surface area contributed by atoms with Gasteiger partial charge in [-0.2, -0.15) is 0 Å². The van der Waals surface area contributed by atoms with Crippen LogP contribution in [-0.2, 0) is 0 Å². The van der Waals surface area contributed by atoms with Crippen LogP contribution in [0.15, 0.2) is 0 Å². The zero-order chi connectivity index (χ0) is 11.3. The van der Waals surface area contributed by atoms with Gasteiger partial charge in [-0.05, 0) is 33.1 Å². The molecule has 0 aromatic heterocycles. The number of urea groups is 1. The molecule has 2 unspecified atom stereocenters. The molecule has 88 valence electrons. The third-order valence-electron chi connectivity index (χ3n) is 2.79. The Kier molecular flexibility index (Phi) is 4.88. The normalized spacial score (nSPS) is 21.0. The van der Waals surface area contributed by atoms with E-state index in [2.05, 4.69) is 10.6 Å². The molecule has 0 aromatic carbocycles. The number of hydrogen-bond acceptors (Lipinski definition) is 2. The third-order valence-corrected chi connectivity index (χ3v) is 2.79. The summed E-state index contributed by atoms with van der Waals surface area (Å²) in [6.45, 7) is 3.94. The lowest BCUT2D eigenvalue weighted by molar-refractivity contribution is 0.233. The molecule has 1 saturated carbocycles. The predicted molar refractivity (Wildman–Crippen MR) is 61.7 cm³/mol. The molecule has 0 spiro atoms. The van der Waals surface area contributed by atoms with Gasteiger partial charge < -0.3 is 16.4 Å². The van der Waals surface area contributed by atoms with Crippen molar-refractivity contribution < 1.29 is 4.79 Å². The molecule has 4 heteroatoms. The van der Waals surface area contributed by atoms with Crippen molar-refractivity contribution in [2.75, 3.05) is 0 Å². The molecule has 4 N–H and O–H groups in total. The van der Waals surface area contributed by atoms with Crippen molar-refractivity contribution in [1.29, 1.82) is 0 Å². The van der Waals surface area contributed by atoms with E-state index in [9.17, 15) is 4.79 Å². The van der Waals surface area contributed by atoms with Crippen molar-refractivity contribution in [2.24, 2.45) is 5.73 Å². The number of hydrogen-bond donors (Lipinski definition) is 3. The van der Waals surface area contributed by atoms with E-state index < -0.39 is 0 Å². The molecule has 1 aliphatic carbocycles. The van der Waals surface area contributed by atoms with Crippen LogP contribution in [0.25, 0.3) is 0 Å². The van der Waals surface area contributed by atoms with Crippen molar-refractivity contribution in [1.82, 2.24) is 10.6 Å². The van der Waals surface area contributed by atoms with Gasteiger partial charge in [0, 0.05) is 18.1 Å². The Morgan fingerprint density at radius 2 is 2.00 bits per heavy atom. The number of nitrogens with two attached hydrogens (primary N) is 1. The summed E-state index contributed by atoms with van der Waals surface area (Å²) >= 11 is 0. The first-order chi connectivity index (χ1) is 7.08. The fourth-order valence-electron chi connectivity index (χ4n) is 2.14. The molecule has 0 saturated heterocycles. The van der Waals surface area contributed by atoms with Crippen LogP contribution in [0.5, 0.6) is 0 Å². The summed E-state index contributed by atoms with van der Waals surface area (Å²) < 4.78 is 0. The highest BCUT2D eigenvalue weighted by molar-refractivity contribution is 5.74. The molecule has 2 amide bonds. The minimum absolute atomic E-state index is 0.0462. The molecule has 0 bridgehead atoms. The van der Waals surface area contributed by atoms with Gasteiger partial charge >= 0.3 is 6.03 Å². The monoisotopic (exact) mass is 213 g/mol. The van der Waals surface area contributed by atoms with Crippen LogP contribution >= 0.6 is 0 Å². The summed E-state index contributed by atoms with van der Waals surface area (Å²) in [5, 5.41) is 5.90. The largest absolute Gasteiger partial charge is 0.336 e. The summed E-state index contributed by atoms with van der Waals surface area (Å²) in [4.78, 5) is 11.5. The Labute approximate surface area is 92.0 Å². The Hall–Kier alpha value is -0.770. The van der Waals surface area contributed by atoms with Gasteiger partial charge in [0.15, 0.2) is 0 Å². The molecule has 0 radical (unpaired) electrons. The third kappa shape index (κ3) is 5.02. The molecular weight excluding hydrogens is 190 g/mol. The van der Waals surface area contributed by atoms with Gasteiger partial charge in [-0.25, -0.2) is 4.79 Å². The first kappa shape index (κ1) is 12.3. The minimum atomic E-state index is -0.0462. The van der Waals surface area contributed by atoms with Crippen molar-refractivity contribution in [3.8, 4) is 0 Å². The van der Waals surface area contributed by atoms with Gasteiger partial charge in [-0.3, -0.25) is 0 Å². The lowest BCUT2D eigenvalue weighted by Crippen LogP contribution is -2.45. The molecule has 15 heavy (non-hydrogen) atoms. The van der Waals surface area contributed by atoms with E-state index >= 15 is 0 Å². The maximum absolute atomic E-state index is 11.5. The standard InChI is InChI=1S/C11H23N3O/c1-8(12)7-9(2)13-11(15)14-10-5-3-4-6-10/h8-10H,3-7,12H2,1-2H3,(H2,13,14,15). The van der Waals surface area contributed by atoms with Gasteiger partial charge in [-0.1, -0.05) is 12.8 Å². The molecule has 1 aliphatic rings. The van der Waals surface area contributed by atoms with Crippen LogP contribution in [0.4, 0.5) is 4.79 Å². The quantitative estimate of drug-likeness (QED) is 0.660. The van der Waals surface area contributed by atoms with Gasteiger partial charge in [0.1, 0.15) is 0 Å². The number of rotatable bonds is 4. The summed E-state index contributed by atoms with van der Waals surface area (Å²) in [6, 6.07) is 0.612. The first-order valence-electron chi connectivity index (χ1n) is 5.90. The minimum Gasteiger partial charge on any atom is -0.336 e. The van der Waals surface area contributed by atoms with E-state index in [1.807, 2.05) is 13.8 Å². The average Bonchev–Trinajstić information content (AvgIpc) is 2.53. The summed E-state index contributed by atoms with van der Waals surface area (Å²) in [5.41, 5.74) is 5.66. The van der Waals surface area contributed by atoms with E-state index in [1.54, 1.807) is 0 Å². The number of amides is 2. The van der Waals surface area contributed by atoms with E-state index in [4.69, 9.17) is 5.73 Å². The maximum Gasteiger partial charge on any atom is 0.315 e. The molecule has 0 aliphatic heterocycles. The van der Waals surface area contributed by atoms with Crippen molar-refractivity contribution in [3.05, 3.63) is 0 Å². The van der Waals surface area contributed by atoms with Crippen LogP contribution in [0, 0.1) is 0 Å². The molecule has 2 atom stereocenters. The fourth-order valence-corrected chi connectivity index (χ4v) is 2.14. The van der Waals surface area contributed by atoms with E-state index in [0.717, 1.165) is 19.3 Å². The first-order valence-corrected chi connectivity index (χ1v) is 5.90. The second-order valence-electron chi connectivity index (χ2n) is 4.71. The predicted octanol–water partition coefficient (Wildman–Crippen LogP) is 1.35. The SMILES string of the molecule is CC(N)CC(C)NC(=O)NC1CCCC1. The second-order valence-corrected chi connectivity index (χ2v) is 4.71. The smallest absolute Gasteiger partial charge is 0.315 e. The molecule has 0 aromatic rings. The van der Waals surface area contributed by atoms with Crippen molar-refractivity contribution >= 4 is 6.03 Å². The summed E-state index contributed by atoms with van der Waals surface area (Å²) in [7, 11) is 0. The molecule has 0 heterocycles. The highest BCUT2D eigenvalue weighted by atomic mass is 16.2. The van der Waals surface area contributed by atoms with Gasteiger partial charge in [0.2, 0.25) is 0 Å². The highest BCUT2D eigenvalue weighted by Crippen LogP contribution is 2.17. The van der Waals surface area contributed by atoms with Crippen molar-refractivity contribution in [2.45, 2.75) is 64.1 Å². The molecular formula is C11H23N3O. The number of nitrogens with one attached hydrogen (secondary N) is 2. The Balaban J connectivity index is 2.16. The average molecular weight is 213 g/mol. The molecule has 1 rings (SSSR count). The Bertz CT molecular complexity index is 200. The molecule has 4 nitrogen and oxygen atoms in total. The van der Waals surface area contributed by atoms with Crippen LogP contribution in [0.3, 0.4) is 0 Å². The fraction of sp³-hybridized carbons (Fsp3) is 0.909. The van der Waals surface area contributed by atoms with Crippen LogP contribution in [0.1, 0.15) is 46.0 Å². The zero-order valence-corrected chi connectivity index (χ0v) is 9.75. The van der Waals surface area contributed by atoms with Crippen LogP contribution in [0.2, 0.25) is 0 Å². The zero-order valence-electron chi connectivity index (χ0n) is 9.75. The lowest BCUT2D eigenvalue weighted by atomic mass is 10.1. The topological polar surface area (TPSA) is 67.1 Å². The Morgan fingerprint density at radius 3 is 2.53 bits per heavy atom. The number of carbonyl (C=O) groups is 1. The lowest BCUT2D eigenvalue weighted by Gasteiger charge is -2.18.